The first-order valence-electron chi connectivity index (χ1n) is 7.26. The van der Waals surface area contributed by atoms with E-state index in [2.05, 4.69) is 36.0 Å². The SMILES string of the molecule is CCN(CC)CCCC(C)Nc1cccc(C(=O)O)n1. The predicted molar refractivity (Wildman–Crippen MR) is 81.3 cm³/mol. The summed E-state index contributed by atoms with van der Waals surface area (Å²) in [6.07, 6.45) is 2.16. The Morgan fingerprint density at radius 1 is 1.40 bits per heavy atom. The van der Waals surface area contributed by atoms with Crippen LogP contribution in [-0.4, -0.2) is 46.6 Å². The van der Waals surface area contributed by atoms with Crippen molar-refractivity contribution in [2.24, 2.45) is 0 Å². The first-order valence-corrected chi connectivity index (χ1v) is 7.26. The first-order chi connectivity index (χ1) is 9.56. The van der Waals surface area contributed by atoms with Gasteiger partial charge in [0.15, 0.2) is 5.69 Å². The zero-order valence-corrected chi connectivity index (χ0v) is 12.6. The molecule has 1 rings (SSSR count). The molecule has 5 nitrogen and oxygen atoms in total. The van der Waals surface area contributed by atoms with Crippen molar-refractivity contribution < 1.29 is 9.90 Å². The van der Waals surface area contributed by atoms with Gasteiger partial charge in [-0.1, -0.05) is 19.9 Å². The van der Waals surface area contributed by atoms with Crippen molar-refractivity contribution in [2.75, 3.05) is 25.0 Å². The third kappa shape index (κ3) is 5.57. The van der Waals surface area contributed by atoms with Gasteiger partial charge in [-0.3, -0.25) is 0 Å². The number of carbonyl (C=O) groups is 1. The second kappa shape index (κ2) is 8.53. The molecule has 0 aliphatic rings. The van der Waals surface area contributed by atoms with E-state index in [9.17, 15) is 4.79 Å². The van der Waals surface area contributed by atoms with Crippen LogP contribution in [0.1, 0.15) is 44.1 Å². The van der Waals surface area contributed by atoms with Crippen LogP contribution in [0, 0.1) is 0 Å². The number of pyridine rings is 1. The van der Waals surface area contributed by atoms with Gasteiger partial charge in [0.05, 0.1) is 0 Å². The van der Waals surface area contributed by atoms with Crippen LogP contribution in [-0.2, 0) is 0 Å². The summed E-state index contributed by atoms with van der Waals surface area (Å²) in [6, 6.07) is 5.29. The van der Waals surface area contributed by atoms with Crippen molar-refractivity contribution in [3.8, 4) is 0 Å². The third-order valence-electron chi connectivity index (χ3n) is 3.37. The zero-order chi connectivity index (χ0) is 15.0. The molecule has 0 spiro atoms. The number of carboxylic acid groups (broad SMARTS) is 1. The van der Waals surface area contributed by atoms with E-state index in [0.717, 1.165) is 32.5 Å². The maximum atomic E-state index is 10.9. The Bertz CT molecular complexity index is 419. The molecule has 0 saturated heterocycles. The molecule has 0 bridgehead atoms. The van der Waals surface area contributed by atoms with Crippen LogP contribution in [0.3, 0.4) is 0 Å². The van der Waals surface area contributed by atoms with E-state index >= 15 is 0 Å². The minimum absolute atomic E-state index is 0.0744. The molecule has 0 amide bonds. The van der Waals surface area contributed by atoms with Gasteiger partial charge in [-0.05, 0) is 51.5 Å². The zero-order valence-electron chi connectivity index (χ0n) is 12.6. The molecule has 2 N–H and O–H groups in total. The van der Waals surface area contributed by atoms with Gasteiger partial charge in [0.25, 0.3) is 0 Å². The summed E-state index contributed by atoms with van der Waals surface area (Å²) in [5.41, 5.74) is 0.0744. The van der Waals surface area contributed by atoms with Crippen LogP contribution < -0.4 is 5.32 Å². The minimum Gasteiger partial charge on any atom is -0.477 e. The van der Waals surface area contributed by atoms with Crippen LogP contribution in [0.2, 0.25) is 0 Å². The van der Waals surface area contributed by atoms with E-state index in [0.29, 0.717) is 5.82 Å². The first kappa shape index (κ1) is 16.4. The van der Waals surface area contributed by atoms with E-state index in [-0.39, 0.29) is 11.7 Å². The quantitative estimate of drug-likeness (QED) is 0.727. The van der Waals surface area contributed by atoms with Crippen LogP contribution in [0.5, 0.6) is 0 Å². The number of carboxylic acids is 1. The summed E-state index contributed by atoms with van der Waals surface area (Å²) < 4.78 is 0. The molecule has 1 heterocycles. The fourth-order valence-corrected chi connectivity index (χ4v) is 2.12. The van der Waals surface area contributed by atoms with E-state index in [1.54, 1.807) is 12.1 Å². The van der Waals surface area contributed by atoms with Crippen molar-refractivity contribution in [3.05, 3.63) is 23.9 Å². The average molecular weight is 279 g/mol. The highest BCUT2D eigenvalue weighted by Crippen LogP contribution is 2.09. The normalized spacial score (nSPS) is 12.4. The van der Waals surface area contributed by atoms with Gasteiger partial charge in [0.2, 0.25) is 0 Å². The average Bonchev–Trinajstić information content (AvgIpc) is 2.44. The molecule has 0 radical (unpaired) electrons. The number of hydrogen-bond donors (Lipinski definition) is 2. The molecule has 1 unspecified atom stereocenters. The van der Waals surface area contributed by atoms with E-state index in [1.165, 1.54) is 6.07 Å². The minimum atomic E-state index is -0.997. The smallest absolute Gasteiger partial charge is 0.354 e. The topological polar surface area (TPSA) is 65.5 Å². The Kier molecular flexibility index (Phi) is 7.01. The Balaban J connectivity index is 2.40. The number of rotatable bonds is 9. The molecule has 5 heteroatoms. The summed E-state index contributed by atoms with van der Waals surface area (Å²) in [5.74, 6) is -0.372. The van der Waals surface area contributed by atoms with Gasteiger partial charge in [0.1, 0.15) is 5.82 Å². The van der Waals surface area contributed by atoms with Crippen LogP contribution in [0.15, 0.2) is 18.2 Å². The molecule has 0 aromatic carbocycles. The van der Waals surface area contributed by atoms with Crippen LogP contribution in [0.4, 0.5) is 5.82 Å². The Labute approximate surface area is 121 Å². The maximum absolute atomic E-state index is 10.9. The molecular weight excluding hydrogens is 254 g/mol. The maximum Gasteiger partial charge on any atom is 0.354 e. The van der Waals surface area contributed by atoms with Crippen molar-refractivity contribution in [1.29, 1.82) is 0 Å². The number of aromatic carboxylic acids is 1. The lowest BCUT2D eigenvalue weighted by atomic mass is 10.1. The molecule has 0 aliphatic carbocycles. The monoisotopic (exact) mass is 279 g/mol. The predicted octanol–water partition coefficient (Wildman–Crippen LogP) is 2.70. The number of nitrogens with one attached hydrogen (secondary N) is 1. The summed E-state index contributed by atoms with van der Waals surface area (Å²) in [6.45, 7) is 9.71. The third-order valence-corrected chi connectivity index (χ3v) is 3.37. The fraction of sp³-hybridized carbons (Fsp3) is 0.600. The molecule has 0 aliphatic heterocycles. The van der Waals surface area contributed by atoms with Crippen molar-refractivity contribution in [1.82, 2.24) is 9.88 Å². The van der Waals surface area contributed by atoms with Crippen LogP contribution in [0.25, 0.3) is 0 Å². The lowest BCUT2D eigenvalue weighted by Crippen LogP contribution is -2.25. The molecule has 20 heavy (non-hydrogen) atoms. The number of aromatic nitrogens is 1. The standard InChI is InChI=1S/C15H25N3O2/c1-4-18(5-2)11-7-8-12(3)16-14-10-6-9-13(17-14)15(19)20/h6,9-10,12H,4-5,7-8,11H2,1-3H3,(H,16,17)(H,19,20). The van der Waals surface area contributed by atoms with Gasteiger partial charge in [0, 0.05) is 6.04 Å². The van der Waals surface area contributed by atoms with Crippen molar-refractivity contribution >= 4 is 11.8 Å². The Hall–Kier alpha value is -1.62. The fourth-order valence-electron chi connectivity index (χ4n) is 2.12. The van der Waals surface area contributed by atoms with Gasteiger partial charge < -0.3 is 15.3 Å². The lowest BCUT2D eigenvalue weighted by molar-refractivity contribution is 0.0690. The number of nitrogens with zero attached hydrogens (tertiary/aromatic N) is 2. The summed E-state index contributed by atoms with van der Waals surface area (Å²) in [5, 5.41) is 12.2. The van der Waals surface area contributed by atoms with E-state index in [1.807, 2.05) is 0 Å². The van der Waals surface area contributed by atoms with E-state index in [4.69, 9.17) is 5.11 Å². The second-order valence-electron chi connectivity index (χ2n) is 4.93. The van der Waals surface area contributed by atoms with Gasteiger partial charge in [-0.2, -0.15) is 0 Å². The molecule has 1 aromatic rings. The number of anilines is 1. The highest BCUT2D eigenvalue weighted by molar-refractivity contribution is 5.85. The highest BCUT2D eigenvalue weighted by atomic mass is 16.4. The molecule has 0 fully saturated rings. The molecule has 112 valence electrons. The molecule has 1 atom stereocenters. The van der Waals surface area contributed by atoms with Crippen molar-refractivity contribution in [2.45, 2.75) is 39.7 Å². The lowest BCUT2D eigenvalue weighted by Gasteiger charge is -2.20. The molecule has 0 saturated carbocycles. The highest BCUT2D eigenvalue weighted by Gasteiger charge is 2.08. The van der Waals surface area contributed by atoms with Gasteiger partial charge >= 0.3 is 5.97 Å². The van der Waals surface area contributed by atoms with Crippen molar-refractivity contribution in [3.63, 3.8) is 0 Å². The molecule has 1 aromatic heterocycles. The van der Waals surface area contributed by atoms with Crippen LogP contribution >= 0.6 is 0 Å². The Morgan fingerprint density at radius 3 is 2.70 bits per heavy atom. The summed E-state index contributed by atoms with van der Waals surface area (Å²) in [7, 11) is 0. The molecular formula is C15H25N3O2. The summed E-state index contributed by atoms with van der Waals surface area (Å²) >= 11 is 0. The largest absolute Gasteiger partial charge is 0.477 e. The van der Waals surface area contributed by atoms with Gasteiger partial charge in [-0.15, -0.1) is 0 Å². The van der Waals surface area contributed by atoms with E-state index < -0.39 is 5.97 Å². The number of hydrogen-bond acceptors (Lipinski definition) is 4. The summed E-state index contributed by atoms with van der Waals surface area (Å²) in [4.78, 5) is 17.3. The second-order valence-corrected chi connectivity index (χ2v) is 4.93. The van der Waals surface area contributed by atoms with Gasteiger partial charge in [-0.25, -0.2) is 9.78 Å². The Morgan fingerprint density at radius 2 is 2.10 bits per heavy atom.